The number of aromatic nitrogens is 3. The van der Waals surface area contributed by atoms with E-state index in [1.54, 1.807) is 0 Å². The number of pyridine rings is 2. The number of nitrogens with zero attached hydrogens (tertiary/aromatic N) is 3. The molecule has 0 atom stereocenters. The van der Waals surface area contributed by atoms with Crippen LogP contribution in [0.25, 0.3) is 83.6 Å². The zero-order chi connectivity index (χ0) is 32.6. The number of hydrogen-bond acceptors (Lipinski definition) is 2. The standard InChI is InChI=1S/C46H31N3/c1-6-17-32(18-7-1)40-29-38(30-41(47-40)33-19-8-2-9-20-33)39-28-16-27-37-31-42(34-21-10-3-11-22-34)49-46(43(37)39)44(35-23-12-4-13-24-35)45(48-49)36-25-14-5-15-26-36/h1-31H. The van der Waals surface area contributed by atoms with Crippen LogP contribution in [0.15, 0.2) is 188 Å². The number of hydrogen-bond donors (Lipinski definition) is 0. The second-order valence-electron chi connectivity index (χ2n) is 12.2. The summed E-state index contributed by atoms with van der Waals surface area (Å²) in [5.41, 5.74) is 13.8. The van der Waals surface area contributed by atoms with E-state index in [-0.39, 0.29) is 0 Å². The summed E-state index contributed by atoms with van der Waals surface area (Å²) in [5.74, 6) is 0. The Morgan fingerprint density at radius 1 is 0.388 bits per heavy atom. The van der Waals surface area contributed by atoms with E-state index in [1.807, 2.05) is 12.1 Å². The summed E-state index contributed by atoms with van der Waals surface area (Å²) in [5, 5.41) is 7.76. The molecule has 6 aromatic carbocycles. The van der Waals surface area contributed by atoms with Gasteiger partial charge in [0.05, 0.1) is 22.6 Å². The Bertz CT molecular complexity index is 2500. The van der Waals surface area contributed by atoms with Crippen molar-refractivity contribution in [2.24, 2.45) is 0 Å². The molecular formula is C46H31N3. The lowest BCUT2D eigenvalue weighted by Crippen LogP contribution is -1.97. The molecule has 3 aromatic heterocycles. The van der Waals surface area contributed by atoms with Crippen molar-refractivity contribution >= 4 is 16.3 Å². The van der Waals surface area contributed by atoms with Gasteiger partial charge in [0.1, 0.15) is 5.69 Å². The van der Waals surface area contributed by atoms with E-state index in [9.17, 15) is 0 Å². The summed E-state index contributed by atoms with van der Waals surface area (Å²) >= 11 is 0. The van der Waals surface area contributed by atoms with Crippen molar-refractivity contribution in [1.82, 2.24) is 14.6 Å². The van der Waals surface area contributed by atoms with Gasteiger partial charge < -0.3 is 0 Å². The summed E-state index contributed by atoms with van der Waals surface area (Å²) in [6.45, 7) is 0. The maximum Gasteiger partial charge on any atom is 0.101 e. The van der Waals surface area contributed by atoms with Crippen LogP contribution in [0.1, 0.15) is 0 Å². The molecule has 49 heavy (non-hydrogen) atoms. The normalized spacial score (nSPS) is 11.3. The summed E-state index contributed by atoms with van der Waals surface area (Å²) in [6, 6.07) is 66.1. The number of rotatable bonds is 6. The van der Waals surface area contributed by atoms with E-state index in [2.05, 4.69) is 180 Å². The molecule has 9 rings (SSSR count). The van der Waals surface area contributed by atoms with Crippen LogP contribution in [0, 0.1) is 0 Å². The third kappa shape index (κ3) is 5.18. The average molecular weight is 626 g/mol. The van der Waals surface area contributed by atoms with Crippen LogP contribution < -0.4 is 0 Å². The van der Waals surface area contributed by atoms with E-state index in [4.69, 9.17) is 10.1 Å². The van der Waals surface area contributed by atoms with Crippen LogP contribution in [0.3, 0.4) is 0 Å². The molecule has 0 amide bonds. The molecule has 3 heterocycles. The molecule has 0 aliphatic carbocycles. The predicted molar refractivity (Wildman–Crippen MR) is 203 cm³/mol. The van der Waals surface area contributed by atoms with Crippen LogP contribution in [0.2, 0.25) is 0 Å². The molecule has 0 spiro atoms. The molecule has 3 heteroatoms. The smallest absolute Gasteiger partial charge is 0.101 e. The van der Waals surface area contributed by atoms with E-state index < -0.39 is 0 Å². The van der Waals surface area contributed by atoms with Gasteiger partial charge in [-0.2, -0.15) is 5.10 Å². The van der Waals surface area contributed by atoms with Crippen molar-refractivity contribution in [3.8, 4) is 67.3 Å². The summed E-state index contributed by atoms with van der Waals surface area (Å²) in [6.07, 6.45) is 0. The van der Waals surface area contributed by atoms with E-state index in [0.29, 0.717) is 0 Å². The molecule has 0 N–H and O–H groups in total. The minimum atomic E-state index is 0.938. The van der Waals surface area contributed by atoms with Crippen LogP contribution in [0.5, 0.6) is 0 Å². The first-order valence-electron chi connectivity index (χ1n) is 16.6. The lowest BCUT2D eigenvalue weighted by Gasteiger charge is -2.16. The Labute approximate surface area is 285 Å². The van der Waals surface area contributed by atoms with Crippen molar-refractivity contribution in [2.45, 2.75) is 0 Å². The molecule has 0 unspecified atom stereocenters. The highest BCUT2D eigenvalue weighted by molar-refractivity contribution is 6.14. The predicted octanol–water partition coefficient (Wildman–Crippen LogP) is 11.9. The van der Waals surface area contributed by atoms with E-state index >= 15 is 0 Å². The molecular weight excluding hydrogens is 595 g/mol. The summed E-state index contributed by atoms with van der Waals surface area (Å²) < 4.78 is 2.17. The van der Waals surface area contributed by atoms with Crippen molar-refractivity contribution in [3.63, 3.8) is 0 Å². The maximum atomic E-state index is 5.46. The van der Waals surface area contributed by atoms with E-state index in [0.717, 1.165) is 83.6 Å². The van der Waals surface area contributed by atoms with Crippen molar-refractivity contribution in [1.29, 1.82) is 0 Å². The number of benzene rings is 6. The van der Waals surface area contributed by atoms with Gasteiger partial charge in [-0.05, 0) is 40.3 Å². The zero-order valence-corrected chi connectivity index (χ0v) is 26.7. The molecule has 0 aliphatic rings. The van der Waals surface area contributed by atoms with Crippen molar-refractivity contribution in [2.75, 3.05) is 0 Å². The quantitative estimate of drug-likeness (QED) is 0.184. The molecule has 3 nitrogen and oxygen atoms in total. The zero-order valence-electron chi connectivity index (χ0n) is 26.7. The fraction of sp³-hybridized carbons (Fsp3) is 0. The lowest BCUT2D eigenvalue weighted by molar-refractivity contribution is 0.980. The minimum Gasteiger partial charge on any atom is -0.248 e. The van der Waals surface area contributed by atoms with Gasteiger partial charge in [0, 0.05) is 33.2 Å². The van der Waals surface area contributed by atoms with Crippen LogP contribution in [-0.4, -0.2) is 14.6 Å². The van der Waals surface area contributed by atoms with Crippen molar-refractivity contribution in [3.05, 3.63) is 188 Å². The summed E-state index contributed by atoms with van der Waals surface area (Å²) in [4.78, 5) is 5.19. The highest BCUT2D eigenvalue weighted by Crippen LogP contribution is 2.44. The highest BCUT2D eigenvalue weighted by Gasteiger charge is 2.23. The lowest BCUT2D eigenvalue weighted by atomic mass is 9.92. The molecule has 0 aliphatic heterocycles. The molecule has 0 fully saturated rings. The van der Waals surface area contributed by atoms with Crippen LogP contribution in [-0.2, 0) is 0 Å². The molecule has 0 bridgehead atoms. The molecule has 0 saturated heterocycles. The Hall–Kier alpha value is -6.58. The van der Waals surface area contributed by atoms with Crippen LogP contribution >= 0.6 is 0 Å². The third-order valence-corrected chi connectivity index (χ3v) is 9.19. The molecule has 9 aromatic rings. The Balaban J connectivity index is 1.43. The van der Waals surface area contributed by atoms with Gasteiger partial charge in [-0.3, -0.25) is 0 Å². The highest BCUT2D eigenvalue weighted by atomic mass is 15.2. The Morgan fingerprint density at radius 2 is 0.878 bits per heavy atom. The second-order valence-corrected chi connectivity index (χ2v) is 12.2. The van der Waals surface area contributed by atoms with Gasteiger partial charge in [0.25, 0.3) is 0 Å². The van der Waals surface area contributed by atoms with Crippen LogP contribution in [0.4, 0.5) is 0 Å². The Morgan fingerprint density at radius 3 is 1.43 bits per heavy atom. The second kappa shape index (κ2) is 12.2. The molecule has 0 radical (unpaired) electrons. The maximum absolute atomic E-state index is 5.46. The largest absolute Gasteiger partial charge is 0.248 e. The van der Waals surface area contributed by atoms with Crippen molar-refractivity contribution < 1.29 is 0 Å². The first-order valence-corrected chi connectivity index (χ1v) is 16.6. The first kappa shape index (κ1) is 28.6. The monoisotopic (exact) mass is 625 g/mol. The van der Waals surface area contributed by atoms with Gasteiger partial charge >= 0.3 is 0 Å². The SMILES string of the molecule is c1ccc(-c2cc(-c3cccc4cc(-c5ccccc5)n5nc(-c6ccccc6)c(-c6ccccc6)c5c34)cc(-c3ccccc3)n2)cc1. The first-order chi connectivity index (χ1) is 24.3. The Kier molecular flexibility index (Phi) is 7.14. The average Bonchev–Trinajstić information content (AvgIpc) is 3.60. The summed E-state index contributed by atoms with van der Waals surface area (Å²) in [7, 11) is 0. The fourth-order valence-electron chi connectivity index (χ4n) is 6.92. The molecule has 0 saturated carbocycles. The van der Waals surface area contributed by atoms with Gasteiger partial charge in [-0.1, -0.05) is 170 Å². The molecule has 230 valence electrons. The van der Waals surface area contributed by atoms with Gasteiger partial charge in [-0.15, -0.1) is 0 Å². The number of fused-ring (bicyclic) bond motifs is 3. The third-order valence-electron chi connectivity index (χ3n) is 9.19. The minimum absolute atomic E-state index is 0.938. The fourth-order valence-corrected chi connectivity index (χ4v) is 6.92. The topological polar surface area (TPSA) is 30.2 Å². The van der Waals surface area contributed by atoms with Gasteiger partial charge in [-0.25, -0.2) is 9.50 Å². The van der Waals surface area contributed by atoms with Gasteiger partial charge in [0.2, 0.25) is 0 Å². The van der Waals surface area contributed by atoms with Gasteiger partial charge in [0.15, 0.2) is 0 Å². The van der Waals surface area contributed by atoms with E-state index in [1.165, 1.54) is 0 Å².